The van der Waals surface area contributed by atoms with Gasteiger partial charge in [-0.25, -0.2) is 8.91 Å². The zero-order valence-corrected chi connectivity index (χ0v) is 17.4. The van der Waals surface area contributed by atoms with Crippen LogP contribution in [0.1, 0.15) is 0 Å². The van der Waals surface area contributed by atoms with Crippen LogP contribution >= 0.6 is 23.4 Å². The van der Waals surface area contributed by atoms with Crippen molar-refractivity contribution in [3.63, 3.8) is 0 Å². The molecule has 0 spiro atoms. The summed E-state index contributed by atoms with van der Waals surface area (Å²) in [6.07, 6.45) is 3.63. The number of halogens is 2. The van der Waals surface area contributed by atoms with E-state index in [4.69, 9.17) is 11.6 Å². The summed E-state index contributed by atoms with van der Waals surface area (Å²) in [5, 5.41) is 16.5. The van der Waals surface area contributed by atoms with Gasteiger partial charge in [0.15, 0.2) is 10.8 Å². The van der Waals surface area contributed by atoms with Crippen molar-refractivity contribution >= 4 is 46.1 Å². The number of anilines is 1. The molecule has 0 saturated heterocycles. The number of aromatic nitrogens is 5. The maximum Gasteiger partial charge on any atom is 0.234 e. The summed E-state index contributed by atoms with van der Waals surface area (Å²) in [5.41, 5.74) is 3.65. The molecule has 0 unspecified atom stereocenters. The van der Waals surface area contributed by atoms with E-state index in [1.807, 2.05) is 47.0 Å². The molecule has 3 heterocycles. The van der Waals surface area contributed by atoms with Crippen molar-refractivity contribution < 1.29 is 9.18 Å². The number of amides is 1. The van der Waals surface area contributed by atoms with Crippen LogP contribution in [0.25, 0.3) is 22.4 Å². The van der Waals surface area contributed by atoms with Gasteiger partial charge in [0.25, 0.3) is 0 Å². The SMILES string of the molecule is O=C(CSc1nnc2c3cc(-c4ccccc4)nn3ccn12)Nc1ccc(F)cc1Cl. The number of fused-ring (bicyclic) bond motifs is 3. The molecule has 0 aliphatic heterocycles. The van der Waals surface area contributed by atoms with Gasteiger partial charge >= 0.3 is 0 Å². The van der Waals surface area contributed by atoms with E-state index in [0.29, 0.717) is 16.5 Å². The van der Waals surface area contributed by atoms with Crippen LogP contribution in [0.15, 0.2) is 72.1 Å². The normalized spacial score (nSPS) is 11.3. The Morgan fingerprint density at radius 1 is 1.10 bits per heavy atom. The first-order valence-corrected chi connectivity index (χ1v) is 10.6. The van der Waals surface area contributed by atoms with Gasteiger partial charge in [0, 0.05) is 18.0 Å². The number of rotatable bonds is 5. The molecule has 0 radical (unpaired) electrons. The minimum Gasteiger partial charge on any atom is -0.324 e. The molecule has 1 N–H and O–H groups in total. The lowest BCUT2D eigenvalue weighted by Gasteiger charge is -2.06. The van der Waals surface area contributed by atoms with Gasteiger partial charge in [-0.1, -0.05) is 53.7 Å². The van der Waals surface area contributed by atoms with E-state index in [2.05, 4.69) is 20.6 Å². The maximum atomic E-state index is 13.2. The van der Waals surface area contributed by atoms with E-state index in [1.54, 1.807) is 10.7 Å². The number of nitrogens with one attached hydrogen (secondary N) is 1. The van der Waals surface area contributed by atoms with Crippen molar-refractivity contribution in [2.24, 2.45) is 0 Å². The highest BCUT2D eigenvalue weighted by Gasteiger charge is 2.14. The predicted molar refractivity (Wildman–Crippen MR) is 118 cm³/mol. The van der Waals surface area contributed by atoms with Crippen molar-refractivity contribution in [3.05, 3.63) is 77.8 Å². The standard InChI is InChI=1S/C21H14ClFN6OS/c22-15-10-14(23)6-7-16(15)24-19(30)12-31-21-26-25-20-18-11-17(13-4-2-1-3-5-13)27-29(18)9-8-28(20)21/h1-11H,12H2,(H,24,30). The molecule has 0 aliphatic carbocycles. The predicted octanol–water partition coefficient (Wildman–Crippen LogP) is 4.57. The van der Waals surface area contributed by atoms with Gasteiger partial charge in [0.2, 0.25) is 5.91 Å². The van der Waals surface area contributed by atoms with Crippen molar-refractivity contribution in [1.82, 2.24) is 24.2 Å². The number of hydrogen-bond donors (Lipinski definition) is 1. The highest BCUT2D eigenvalue weighted by atomic mass is 35.5. The molecule has 0 aliphatic rings. The van der Waals surface area contributed by atoms with E-state index in [9.17, 15) is 9.18 Å². The Hall–Kier alpha value is -3.43. The van der Waals surface area contributed by atoms with E-state index in [1.165, 1.54) is 23.9 Å². The first-order valence-electron chi connectivity index (χ1n) is 9.25. The van der Waals surface area contributed by atoms with Gasteiger partial charge < -0.3 is 5.32 Å². The van der Waals surface area contributed by atoms with Crippen LogP contribution in [0, 0.1) is 5.82 Å². The smallest absolute Gasteiger partial charge is 0.234 e. The van der Waals surface area contributed by atoms with Crippen molar-refractivity contribution in [2.75, 3.05) is 11.1 Å². The first-order chi connectivity index (χ1) is 15.1. The Morgan fingerprint density at radius 3 is 2.74 bits per heavy atom. The summed E-state index contributed by atoms with van der Waals surface area (Å²) in [6, 6.07) is 15.6. The van der Waals surface area contributed by atoms with Gasteiger partial charge in [-0.2, -0.15) is 5.10 Å². The van der Waals surface area contributed by atoms with Gasteiger partial charge in [0.05, 0.1) is 22.2 Å². The van der Waals surface area contributed by atoms with E-state index < -0.39 is 5.82 Å². The third-order valence-electron chi connectivity index (χ3n) is 4.59. The molecule has 1 amide bonds. The number of carbonyl (C=O) groups is 1. The molecule has 10 heteroatoms. The van der Waals surface area contributed by atoms with Gasteiger partial charge in [-0.05, 0) is 24.3 Å². The molecule has 0 atom stereocenters. The van der Waals surface area contributed by atoms with Gasteiger partial charge in [-0.15, -0.1) is 10.2 Å². The third kappa shape index (κ3) is 3.85. The highest BCUT2D eigenvalue weighted by Crippen LogP contribution is 2.25. The minimum absolute atomic E-state index is 0.0915. The Labute approximate surface area is 184 Å². The number of thioether (sulfide) groups is 1. The molecule has 7 nitrogen and oxygen atoms in total. The molecule has 0 saturated carbocycles. The average molecular weight is 453 g/mol. The summed E-state index contributed by atoms with van der Waals surface area (Å²) in [5.74, 6) is -0.658. The van der Waals surface area contributed by atoms with E-state index >= 15 is 0 Å². The maximum absolute atomic E-state index is 13.2. The second kappa shape index (κ2) is 8.01. The number of nitrogens with zero attached hydrogens (tertiary/aromatic N) is 5. The quantitative estimate of drug-likeness (QED) is 0.395. The Balaban J connectivity index is 1.36. The Kier molecular flexibility index (Phi) is 5.05. The highest BCUT2D eigenvalue weighted by molar-refractivity contribution is 7.99. The molecule has 0 fully saturated rings. The minimum atomic E-state index is -0.464. The zero-order chi connectivity index (χ0) is 21.4. The first kappa shape index (κ1) is 19.5. The van der Waals surface area contributed by atoms with Crippen LogP contribution in [-0.4, -0.2) is 35.9 Å². The van der Waals surface area contributed by atoms with Crippen LogP contribution in [-0.2, 0) is 4.79 Å². The average Bonchev–Trinajstić information content (AvgIpc) is 3.39. The Morgan fingerprint density at radius 2 is 1.94 bits per heavy atom. The van der Waals surface area contributed by atoms with Crippen LogP contribution in [0.2, 0.25) is 5.02 Å². The second-order valence-electron chi connectivity index (χ2n) is 6.66. The summed E-state index contributed by atoms with van der Waals surface area (Å²) >= 11 is 7.19. The number of carbonyl (C=O) groups excluding carboxylic acids is 1. The summed E-state index contributed by atoms with van der Waals surface area (Å²) < 4.78 is 16.7. The number of hydrogen-bond acceptors (Lipinski definition) is 5. The lowest BCUT2D eigenvalue weighted by atomic mass is 10.1. The summed E-state index contributed by atoms with van der Waals surface area (Å²) in [6.45, 7) is 0. The number of benzene rings is 2. The molecule has 2 aromatic carbocycles. The van der Waals surface area contributed by atoms with Crippen molar-refractivity contribution in [3.8, 4) is 11.3 Å². The lowest BCUT2D eigenvalue weighted by Crippen LogP contribution is -2.14. The van der Waals surface area contributed by atoms with Crippen molar-refractivity contribution in [2.45, 2.75) is 5.16 Å². The topological polar surface area (TPSA) is 76.6 Å². The van der Waals surface area contributed by atoms with Gasteiger partial charge in [0.1, 0.15) is 11.3 Å². The zero-order valence-electron chi connectivity index (χ0n) is 15.9. The lowest BCUT2D eigenvalue weighted by molar-refractivity contribution is -0.113. The molecule has 5 aromatic rings. The molecular formula is C21H14ClFN6OS. The molecule has 31 heavy (non-hydrogen) atoms. The van der Waals surface area contributed by atoms with E-state index in [-0.39, 0.29) is 16.7 Å². The van der Waals surface area contributed by atoms with Crippen LogP contribution in [0.3, 0.4) is 0 Å². The Bertz CT molecular complexity index is 1420. The molecule has 0 bridgehead atoms. The fourth-order valence-corrected chi connectivity index (χ4v) is 4.08. The van der Waals surface area contributed by atoms with Crippen LogP contribution < -0.4 is 5.32 Å². The molecule has 154 valence electrons. The fraction of sp³-hybridized carbons (Fsp3) is 0.0476. The summed E-state index contributed by atoms with van der Waals surface area (Å²) in [4.78, 5) is 12.3. The second-order valence-corrected chi connectivity index (χ2v) is 8.01. The molecule has 5 rings (SSSR count). The van der Waals surface area contributed by atoms with Crippen molar-refractivity contribution in [1.29, 1.82) is 0 Å². The monoisotopic (exact) mass is 452 g/mol. The van der Waals surface area contributed by atoms with Crippen LogP contribution in [0.4, 0.5) is 10.1 Å². The van der Waals surface area contributed by atoms with E-state index in [0.717, 1.165) is 22.8 Å². The fourth-order valence-electron chi connectivity index (χ4n) is 3.15. The summed E-state index contributed by atoms with van der Waals surface area (Å²) in [7, 11) is 0. The third-order valence-corrected chi connectivity index (χ3v) is 5.85. The van der Waals surface area contributed by atoms with Crippen LogP contribution in [0.5, 0.6) is 0 Å². The van der Waals surface area contributed by atoms with Gasteiger partial charge in [-0.3, -0.25) is 9.20 Å². The largest absolute Gasteiger partial charge is 0.324 e. The molecular weight excluding hydrogens is 439 g/mol. The molecule has 3 aromatic heterocycles.